The van der Waals surface area contributed by atoms with Crippen LogP contribution in [-0.2, 0) is 9.84 Å². The molecule has 5 heteroatoms. The Morgan fingerprint density at radius 2 is 2.12 bits per heavy atom. The molecule has 1 fully saturated rings. The molecular formula is C12H16FNO2S. The lowest BCUT2D eigenvalue weighted by Crippen LogP contribution is -2.27. The Bertz CT molecular complexity index is 507. The number of benzene rings is 1. The second-order valence-corrected chi connectivity index (χ2v) is 6.42. The Hall–Kier alpha value is -0.940. The van der Waals surface area contributed by atoms with E-state index in [2.05, 4.69) is 5.32 Å². The van der Waals surface area contributed by atoms with Gasteiger partial charge in [0.1, 0.15) is 10.7 Å². The van der Waals surface area contributed by atoms with Gasteiger partial charge in [0, 0.05) is 17.9 Å². The maximum atomic E-state index is 14.1. The zero-order valence-corrected chi connectivity index (χ0v) is 10.6. The Labute approximate surface area is 101 Å². The SMILES string of the molecule is CS(=O)(=O)c1cccc(C2CCCCN2)c1F. The fraction of sp³-hybridized carbons (Fsp3) is 0.500. The van der Waals surface area contributed by atoms with Gasteiger partial charge in [0.2, 0.25) is 0 Å². The van der Waals surface area contributed by atoms with E-state index in [1.54, 1.807) is 12.1 Å². The summed E-state index contributed by atoms with van der Waals surface area (Å²) in [6, 6.07) is 4.51. The lowest BCUT2D eigenvalue weighted by atomic mass is 9.97. The van der Waals surface area contributed by atoms with Gasteiger partial charge in [0.25, 0.3) is 0 Å². The summed E-state index contributed by atoms with van der Waals surface area (Å²) in [4.78, 5) is -0.206. The molecule has 0 aliphatic carbocycles. The predicted molar refractivity (Wildman–Crippen MR) is 64.1 cm³/mol. The zero-order chi connectivity index (χ0) is 12.5. The summed E-state index contributed by atoms with van der Waals surface area (Å²) >= 11 is 0. The second kappa shape index (κ2) is 4.74. The Morgan fingerprint density at radius 1 is 1.35 bits per heavy atom. The number of rotatable bonds is 2. The summed E-state index contributed by atoms with van der Waals surface area (Å²) in [5, 5.41) is 3.22. The molecule has 1 saturated heterocycles. The lowest BCUT2D eigenvalue weighted by molar-refractivity contribution is 0.397. The van der Waals surface area contributed by atoms with E-state index in [0.717, 1.165) is 32.1 Å². The first-order chi connectivity index (χ1) is 8.00. The summed E-state index contributed by atoms with van der Waals surface area (Å²) in [5.41, 5.74) is 0.465. The molecule has 1 aromatic rings. The molecule has 0 saturated carbocycles. The smallest absolute Gasteiger partial charge is 0.178 e. The van der Waals surface area contributed by atoms with Gasteiger partial charge < -0.3 is 5.32 Å². The molecule has 0 amide bonds. The molecule has 94 valence electrons. The van der Waals surface area contributed by atoms with E-state index in [1.165, 1.54) is 6.07 Å². The number of nitrogens with one attached hydrogen (secondary N) is 1. The van der Waals surface area contributed by atoms with Crippen LogP contribution in [0.2, 0.25) is 0 Å². The number of hydrogen-bond donors (Lipinski definition) is 1. The third-order valence-electron chi connectivity index (χ3n) is 3.08. The number of hydrogen-bond acceptors (Lipinski definition) is 3. The van der Waals surface area contributed by atoms with Crippen LogP contribution in [0.15, 0.2) is 23.1 Å². The number of piperidine rings is 1. The van der Waals surface area contributed by atoms with Gasteiger partial charge in [-0.15, -0.1) is 0 Å². The van der Waals surface area contributed by atoms with Crippen molar-refractivity contribution in [3.05, 3.63) is 29.6 Å². The van der Waals surface area contributed by atoms with E-state index >= 15 is 0 Å². The van der Waals surface area contributed by atoms with Crippen molar-refractivity contribution in [3.8, 4) is 0 Å². The van der Waals surface area contributed by atoms with Crippen molar-refractivity contribution in [1.29, 1.82) is 0 Å². The fourth-order valence-electron chi connectivity index (χ4n) is 2.20. The summed E-state index contributed by atoms with van der Waals surface area (Å²) in [7, 11) is -3.50. The number of sulfone groups is 1. The summed E-state index contributed by atoms with van der Waals surface area (Å²) < 4.78 is 37.0. The molecule has 1 aliphatic heterocycles. The van der Waals surface area contributed by atoms with Crippen LogP contribution in [0.3, 0.4) is 0 Å². The van der Waals surface area contributed by atoms with Crippen LogP contribution in [0, 0.1) is 5.82 Å². The Kier molecular flexibility index (Phi) is 3.49. The zero-order valence-electron chi connectivity index (χ0n) is 9.74. The van der Waals surface area contributed by atoms with Crippen LogP contribution in [0.25, 0.3) is 0 Å². The monoisotopic (exact) mass is 257 g/mol. The molecule has 1 aliphatic rings. The highest BCUT2D eigenvalue weighted by Crippen LogP contribution is 2.28. The van der Waals surface area contributed by atoms with Gasteiger partial charge in [-0.1, -0.05) is 18.6 Å². The molecule has 1 heterocycles. The maximum absolute atomic E-state index is 14.1. The van der Waals surface area contributed by atoms with Crippen molar-refractivity contribution in [3.63, 3.8) is 0 Å². The third kappa shape index (κ3) is 2.66. The van der Waals surface area contributed by atoms with Crippen LogP contribution in [0.1, 0.15) is 30.9 Å². The first kappa shape index (κ1) is 12.5. The van der Waals surface area contributed by atoms with Crippen LogP contribution in [0.4, 0.5) is 4.39 Å². The van der Waals surface area contributed by atoms with E-state index in [-0.39, 0.29) is 10.9 Å². The first-order valence-corrected chi connectivity index (χ1v) is 7.61. The first-order valence-electron chi connectivity index (χ1n) is 5.72. The van der Waals surface area contributed by atoms with Crippen LogP contribution in [0.5, 0.6) is 0 Å². The van der Waals surface area contributed by atoms with E-state index in [0.29, 0.717) is 5.56 Å². The summed E-state index contributed by atoms with van der Waals surface area (Å²) in [5.74, 6) is -0.602. The second-order valence-electron chi connectivity index (χ2n) is 4.43. The van der Waals surface area contributed by atoms with Crippen molar-refractivity contribution in [2.45, 2.75) is 30.2 Å². The van der Waals surface area contributed by atoms with Gasteiger partial charge in [-0.25, -0.2) is 12.8 Å². The van der Waals surface area contributed by atoms with Gasteiger partial charge in [0.05, 0.1) is 0 Å². The molecule has 0 spiro atoms. The Morgan fingerprint density at radius 3 is 2.71 bits per heavy atom. The van der Waals surface area contributed by atoms with Crippen LogP contribution >= 0.6 is 0 Å². The molecule has 2 rings (SSSR count). The molecule has 17 heavy (non-hydrogen) atoms. The molecule has 0 radical (unpaired) electrons. The van der Waals surface area contributed by atoms with E-state index in [1.807, 2.05) is 0 Å². The predicted octanol–water partition coefficient (Wildman–Crippen LogP) is 2.04. The minimum atomic E-state index is -3.50. The van der Waals surface area contributed by atoms with Crippen molar-refractivity contribution >= 4 is 9.84 Å². The van der Waals surface area contributed by atoms with E-state index in [4.69, 9.17) is 0 Å². The normalized spacial score (nSPS) is 21.4. The fourth-order valence-corrected chi connectivity index (χ4v) is 2.97. The molecule has 0 aromatic heterocycles. The maximum Gasteiger partial charge on any atom is 0.178 e. The molecular weight excluding hydrogens is 241 g/mol. The topological polar surface area (TPSA) is 46.2 Å². The summed E-state index contributed by atoms with van der Waals surface area (Å²) in [6.45, 7) is 0.854. The summed E-state index contributed by atoms with van der Waals surface area (Å²) in [6.07, 6.45) is 4.01. The van der Waals surface area contributed by atoms with Crippen molar-refractivity contribution in [2.75, 3.05) is 12.8 Å². The van der Waals surface area contributed by atoms with Crippen LogP contribution < -0.4 is 5.32 Å². The van der Waals surface area contributed by atoms with Crippen molar-refractivity contribution in [2.24, 2.45) is 0 Å². The molecule has 1 unspecified atom stereocenters. The quantitative estimate of drug-likeness (QED) is 0.882. The van der Waals surface area contributed by atoms with Gasteiger partial charge in [-0.2, -0.15) is 0 Å². The van der Waals surface area contributed by atoms with Gasteiger partial charge in [-0.3, -0.25) is 0 Å². The number of halogens is 1. The van der Waals surface area contributed by atoms with E-state index < -0.39 is 15.7 Å². The molecule has 1 aromatic carbocycles. The largest absolute Gasteiger partial charge is 0.310 e. The third-order valence-corrected chi connectivity index (χ3v) is 4.19. The lowest BCUT2D eigenvalue weighted by Gasteiger charge is -2.24. The molecule has 1 atom stereocenters. The highest BCUT2D eigenvalue weighted by molar-refractivity contribution is 7.90. The standard InChI is InChI=1S/C12H16FNO2S/c1-17(15,16)11-7-4-5-9(12(11)13)10-6-2-3-8-14-10/h4-5,7,10,14H,2-3,6,8H2,1H3. The van der Waals surface area contributed by atoms with Crippen LogP contribution in [-0.4, -0.2) is 21.2 Å². The van der Waals surface area contributed by atoms with Gasteiger partial charge >= 0.3 is 0 Å². The average molecular weight is 257 g/mol. The average Bonchev–Trinajstić information content (AvgIpc) is 2.29. The molecule has 1 N–H and O–H groups in total. The molecule has 3 nitrogen and oxygen atoms in total. The highest BCUT2D eigenvalue weighted by Gasteiger charge is 2.22. The van der Waals surface area contributed by atoms with E-state index in [9.17, 15) is 12.8 Å². The minimum absolute atomic E-state index is 0.0644. The van der Waals surface area contributed by atoms with Gasteiger partial charge in [-0.05, 0) is 25.5 Å². The molecule has 0 bridgehead atoms. The van der Waals surface area contributed by atoms with Crippen molar-refractivity contribution < 1.29 is 12.8 Å². The van der Waals surface area contributed by atoms with Gasteiger partial charge in [0.15, 0.2) is 9.84 Å². The van der Waals surface area contributed by atoms with Crippen molar-refractivity contribution in [1.82, 2.24) is 5.32 Å². The Balaban J connectivity index is 2.42. The highest BCUT2D eigenvalue weighted by atomic mass is 32.2. The minimum Gasteiger partial charge on any atom is -0.310 e.